The standard InChI is InChI=1S/C12H7BrF4/c13-12(16,17)10-6-2-3-7-8(10)4-1-5-9(7)11(14)15/h1-6,11H. The Labute approximate surface area is 103 Å². The molecule has 0 nitrogen and oxygen atoms in total. The number of hydrogen-bond donors (Lipinski definition) is 0. The van der Waals surface area contributed by atoms with Crippen molar-refractivity contribution in [3.63, 3.8) is 0 Å². The highest BCUT2D eigenvalue weighted by Gasteiger charge is 2.29. The van der Waals surface area contributed by atoms with Crippen LogP contribution < -0.4 is 0 Å². The van der Waals surface area contributed by atoms with Crippen molar-refractivity contribution in [2.24, 2.45) is 0 Å². The van der Waals surface area contributed by atoms with Crippen LogP contribution in [0.1, 0.15) is 17.6 Å². The Hall–Kier alpha value is -1.10. The fourth-order valence-electron chi connectivity index (χ4n) is 1.77. The summed E-state index contributed by atoms with van der Waals surface area (Å²) in [6.07, 6.45) is -2.68. The molecule has 0 saturated carbocycles. The molecular formula is C12H7BrF4. The number of benzene rings is 2. The second kappa shape index (κ2) is 4.29. The highest BCUT2D eigenvalue weighted by molar-refractivity contribution is 9.09. The van der Waals surface area contributed by atoms with E-state index in [1.54, 1.807) is 0 Å². The topological polar surface area (TPSA) is 0 Å². The minimum absolute atomic E-state index is 0.132. The van der Waals surface area contributed by atoms with Gasteiger partial charge in [-0.15, -0.1) is 0 Å². The van der Waals surface area contributed by atoms with Crippen LogP contribution in [0.2, 0.25) is 0 Å². The van der Waals surface area contributed by atoms with Crippen molar-refractivity contribution in [1.82, 2.24) is 0 Å². The molecule has 17 heavy (non-hydrogen) atoms. The van der Waals surface area contributed by atoms with Crippen LogP contribution in [-0.2, 0) is 4.83 Å². The van der Waals surface area contributed by atoms with Gasteiger partial charge < -0.3 is 0 Å². The van der Waals surface area contributed by atoms with E-state index in [0.717, 1.165) is 0 Å². The fraction of sp³-hybridized carbons (Fsp3) is 0.167. The maximum absolute atomic E-state index is 13.2. The molecule has 0 aliphatic carbocycles. The number of rotatable bonds is 2. The zero-order valence-corrected chi connectivity index (χ0v) is 10.0. The lowest BCUT2D eigenvalue weighted by Gasteiger charge is -2.13. The van der Waals surface area contributed by atoms with Gasteiger partial charge in [-0.25, -0.2) is 8.78 Å². The van der Waals surface area contributed by atoms with Gasteiger partial charge in [0.2, 0.25) is 0 Å². The van der Waals surface area contributed by atoms with Gasteiger partial charge in [-0.3, -0.25) is 0 Å². The van der Waals surface area contributed by atoms with Crippen LogP contribution in [-0.4, -0.2) is 0 Å². The normalized spacial score (nSPS) is 12.4. The van der Waals surface area contributed by atoms with Crippen molar-refractivity contribution in [2.75, 3.05) is 0 Å². The van der Waals surface area contributed by atoms with Gasteiger partial charge in [0.1, 0.15) is 0 Å². The van der Waals surface area contributed by atoms with Crippen LogP contribution in [0.25, 0.3) is 10.8 Å². The van der Waals surface area contributed by atoms with Gasteiger partial charge in [0.15, 0.2) is 0 Å². The van der Waals surface area contributed by atoms with E-state index >= 15 is 0 Å². The molecule has 0 heterocycles. The molecule has 90 valence electrons. The molecule has 0 unspecified atom stereocenters. The molecular weight excluding hydrogens is 300 g/mol. The third kappa shape index (κ3) is 2.29. The average Bonchev–Trinajstić information content (AvgIpc) is 2.26. The molecule has 2 aromatic rings. The van der Waals surface area contributed by atoms with E-state index in [-0.39, 0.29) is 21.9 Å². The molecule has 0 N–H and O–H groups in total. The van der Waals surface area contributed by atoms with Crippen molar-refractivity contribution < 1.29 is 17.6 Å². The van der Waals surface area contributed by atoms with Crippen LogP contribution in [0.15, 0.2) is 36.4 Å². The minimum Gasteiger partial charge on any atom is -0.205 e. The Bertz CT molecular complexity index is 546. The molecule has 0 atom stereocenters. The van der Waals surface area contributed by atoms with Crippen molar-refractivity contribution in [3.05, 3.63) is 47.5 Å². The molecule has 0 saturated heterocycles. The predicted molar refractivity (Wildman–Crippen MR) is 61.7 cm³/mol. The zero-order valence-electron chi connectivity index (χ0n) is 8.43. The lowest BCUT2D eigenvalue weighted by atomic mass is 10.0. The predicted octanol–water partition coefficient (Wildman–Crippen LogP) is 5.22. The Kier molecular flexibility index (Phi) is 3.12. The van der Waals surface area contributed by atoms with E-state index in [9.17, 15) is 17.6 Å². The lowest BCUT2D eigenvalue weighted by molar-refractivity contribution is 0.116. The van der Waals surface area contributed by atoms with E-state index in [4.69, 9.17) is 0 Å². The first-order valence-corrected chi connectivity index (χ1v) is 5.57. The van der Waals surface area contributed by atoms with Gasteiger partial charge >= 0.3 is 4.83 Å². The molecule has 5 heteroatoms. The number of hydrogen-bond acceptors (Lipinski definition) is 0. The van der Waals surface area contributed by atoms with E-state index in [1.807, 2.05) is 0 Å². The van der Waals surface area contributed by atoms with Crippen molar-refractivity contribution in [3.8, 4) is 0 Å². The first-order chi connectivity index (χ1) is 7.91. The maximum atomic E-state index is 13.2. The third-order valence-electron chi connectivity index (χ3n) is 2.50. The first-order valence-electron chi connectivity index (χ1n) is 4.78. The molecule has 0 fully saturated rings. The van der Waals surface area contributed by atoms with Gasteiger partial charge in [0.05, 0.1) is 0 Å². The Morgan fingerprint density at radius 2 is 1.53 bits per heavy atom. The zero-order chi connectivity index (χ0) is 12.6. The lowest BCUT2D eigenvalue weighted by Crippen LogP contribution is -2.03. The monoisotopic (exact) mass is 306 g/mol. The fourth-order valence-corrected chi connectivity index (χ4v) is 2.12. The van der Waals surface area contributed by atoms with Crippen LogP contribution >= 0.6 is 15.9 Å². The van der Waals surface area contributed by atoms with Crippen molar-refractivity contribution in [1.29, 1.82) is 0 Å². The number of halogens is 5. The molecule has 0 bridgehead atoms. The largest absolute Gasteiger partial charge is 0.327 e. The molecule has 0 aliphatic heterocycles. The summed E-state index contributed by atoms with van der Waals surface area (Å²) in [5.74, 6) is 0. The summed E-state index contributed by atoms with van der Waals surface area (Å²) >= 11 is 2.25. The Morgan fingerprint density at radius 1 is 0.941 bits per heavy atom. The average molecular weight is 307 g/mol. The highest BCUT2D eigenvalue weighted by Crippen LogP contribution is 2.40. The minimum atomic E-state index is -3.23. The van der Waals surface area contributed by atoms with Gasteiger partial charge in [-0.2, -0.15) is 8.78 Å². The van der Waals surface area contributed by atoms with Gasteiger partial charge in [-0.05, 0) is 26.7 Å². The summed E-state index contributed by atoms with van der Waals surface area (Å²) in [4.78, 5) is -3.23. The second-order valence-electron chi connectivity index (χ2n) is 3.55. The van der Waals surface area contributed by atoms with Crippen molar-refractivity contribution in [2.45, 2.75) is 11.3 Å². The Morgan fingerprint density at radius 3 is 2.12 bits per heavy atom. The third-order valence-corrected chi connectivity index (χ3v) is 2.92. The molecule has 0 aromatic heterocycles. The smallest absolute Gasteiger partial charge is 0.205 e. The summed E-state index contributed by atoms with van der Waals surface area (Å²) in [5.41, 5.74) is -0.543. The van der Waals surface area contributed by atoms with Crippen LogP contribution in [0, 0.1) is 0 Å². The Balaban J connectivity index is 2.79. The number of fused-ring (bicyclic) bond motifs is 1. The first kappa shape index (κ1) is 12.4. The SMILES string of the molecule is FC(F)c1cccc2c(C(F)(F)Br)cccc12. The van der Waals surface area contributed by atoms with E-state index in [1.165, 1.54) is 36.4 Å². The molecule has 0 radical (unpaired) electrons. The van der Waals surface area contributed by atoms with E-state index in [2.05, 4.69) is 15.9 Å². The molecule has 2 aromatic carbocycles. The van der Waals surface area contributed by atoms with Gasteiger partial charge in [-0.1, -0.05) is 36.4 Å². The van der Waals surface area contributed by atoms with Crippen LogP contribution in [0.4, 0.5) is 17.6 Å². The molecule has 0 amide bonds. The van der Waals surface area contributed by atoms with E-state index in [0.29, 0.717) is 0 Å². The summed E-state index contributed by atoms with van der Waals surface area (Å²) in [5, 5.41) is 0.284. The quantitative estimate of drug-likeness (QED) is 0.527. The summed E-state index contributed by atoms with van der Waals surface area (Å²) < 4.78 is 51.9. The van der Waals surface area contributed by atoms with Crippen LogP contribution in [0.5, 0.6) is 0 Å². The highest BCUT2D eigenvalue weighted by atomic mass is 79.9. The molecule has 0 spiro atoms. The molecule has 2 rings (SSSR count). The van der Waals surface area contributed by atoms with Gasteiger partial charge in [0, 0.05) is 11.1 Å². The maximum Gasteiger partial charge on any atom is 0.327 e. The summed E-state index contributed by atoms with van der Waals surface area (Å²) in [7, 11) is 0. The number of alkyl halides is 5. The van der Waals surface area contributed by atoms with Crippen molar-refractivity contribution >= 4 is 26.7 Å². The van der Waals surface area contributed by atoms with Crippen LogP contribution in [0.3, 0.4) is 0 Å². The molecule has 0 aliphatic rings. The summed E-state index contributed by atoms with van der Waals surface area (Å²) in [6, 6.07) is 7.98. The van der Waals surface area contributed by atoms with Gasteiger partial charge in [0.25, 0.3) is 6.43 Å². The second-order valence-corrected chi connectivity index (χ2v) is 4.54. The van der Waals surface area contributed by atoms with E-state index < -0.39 is 11.3 Å². The summed E-state index contributed by atoms with van der Waals surface area (Å²) in [6.45, 7) is 0.